The highest BCUT2D eigenvalue weighted by Crippen LogP contribution is 2.33. The van der Waals surface area contributed by atoms with Crippen molar-refractivity contribution in [1.29, 1.82) is 0 Å². The molecule has 0 aliphatic heterocycles. The van der Waals surface area contributed by atoms with Gasteiger partial charge in [-0.05, 0) is 24.5 Å². The predicted molar refractivity (Wildman–Crippen MR) is 43.2 cm³/mol. The first kappa shape index (κ1) is 10.4. The Morgan fingerprint density at radius 3 is 2.31 bits per heavy atom. The van der Waals surface area contributed by atoms with E-state index >= 15 is 0 Å². The number of hydrogen-bond donors (Lipinski definition) is 0. The molecule has 0 fully saturated rings. The predicted octanol–water partition coefficient (Wildman–Crippen LogP) is 3.57. The number of alkyl halides is 3. The van der Waals surface area contributed by atoms with Crippen LogP contribution in [0.25, 0.3) is 0 Å². The van der Waals surface area contributed by atoms with Crippen LogP contribution < -0.4 is 0 Å². The number of benzene rings is 1. The van der Waals surface area contributed by atoms with Crippen molar-refractivity contribution in [3.8, 4) is 0 Å². The van der Waals surface area contributed by atoms with Crippen LogP contribution in [0.4, 0.5) is 17.6 Å². The van der Waals surface area contributed by atoms with Crippen LogP contribution >= 0.6 is 11.8 Å². The molecule has 0 N–H and O–H groups in total. The summed E-state index contributed by atoms with van der Waals surface area (Å²) in [6.07, 6.45) is -2.98. The molecular formula is C8H6F4S. The van der Waals surface area contributed by atoms with Gasteiger partial charge in [0.15, 0.2) is 0 Å². The van der Waals surface area contributed by atoms with E-state index in [0.29, 0.717) is 4.90 Å². The van der Waals surface area contributed by atoms with Gasteiger partial charge >= 0.3 is 6.18 Å². The van der Waals surface area contributed by atoms with Crippen LogP contribution in [0.3, 0.4) is 0 Å². The van der Waals surface area contributed by atoms with Crippen molar-refractivity contribution < 1.29 is 17.6 Å². The maximum absolute atomic E-state index is 12.7. The molecule has 0 amide bonds. The fourth-order valence-corrected chi connectivity index (χ4v) is 1.29. The first-order valence-electron chi connectivity index (χ1n) is 3.36. The Hall–Kier alpha value is -0.710. The maximum atomic E-state index is 12.7. The van der Waals surface area contributed by atoms with Crippen LogP contribution in [0, 0.1) is 5.82 Å². The number of halogens is 4. The van der Waals surface area contributed by atoms with E-state index in [4.69, 9.17) is 0 Å². The SMILES string of the molecule is CSc1ccc(F)c(C(F)(F)F)c1. The zero-order chi connectivity index (χ0) is 10.1. The highest BCUT2D eigenvalue weighted by Gasteiger charge is 2.34. The van der Waals surface area contributed by atoms with Crippen molar-refractivity contribution in [3.63, 3.8) is 0 Å². The molecule has 13 heavy (non-hydrogen) atoms. The standard InChI is InChI=1S/C8H6F4S/c1-13-5-2-3-7(9)6(4-5)8(10,11)12/h2-4H,1H3. The van der Waals surface area contributed by atoms with E-state index in [0.717, 1.165) is 23.9 Å². The lowest BCUT2D eigenvalue weighted by Crippen LogP contribution is -2.07. The molecule has 0 spiro atoms. The van der Waals surface area contributed by atoms with Crippen molar-refractivity contribution in [2.24, 2.45) is 0 Å². The van der Waals surface area contributed by atoms with E-state index in [-0.39, 0.29) is 0 Å². The summed E-state index contributed by atoms with van der Waals surface area (Å²) in [5.74, 6) is -1.23. The van der Waals surface area contributed by atoms with Gasteiger partial charge in [-0.25, -0.2) is 4.39 Å². The van der Waals surface area contributed by atoms with Crippen molar-refractivity contribution >= 4 is 11.8 Å². The first-order valence-corrected chi connectivity index (χ1v) is 4.58. The third kappa shape index (κ3) is 2.37. The molecule has 0 bridgehead atoms. The Kier molecular flexibility index (Phi) is 2.85. The molecule has 0 aliphatic carbocycles. The minimum absolute atomic E-state index is 0.397. The van der Waals surface area contributed by atoms with Gasteiger partial charge in [-0.1, -0.05) is 0 Å². The molecular weight excluding hydrogens is 204 g/mol. The van der Waals surface area contributed by atoms with E-state index in [9.17, 15) is 17.6 Å². The Bertz CT molecular complexity index is 306. The highest BCUT2D eigenvalue weighted by atomic mass is 32.2. The van der Waals surface area contributed by atoms with Crippen LogP contribution in [0.15, 0.2) is 23.1 Å². The summed E-state index contributed by atoms with van der Waals surface area (Å²) in [6.45, 7) is 0. The topological polar surface area (TPSA) is 0 Å². The second-order valence-corrected chi connectivity index (χ2v) is 3.22. The quantitative estimate of drug-likeness (QED) is 0.504. The van der Waals surface area contributed by atoms with Crippen molar-refractivity contribution in [2.75, 3.05) is 6.26 Å². The molecule has 0 unspecified atom stereocenters. The molecule has 0 heterocycles. The molecule has 5 heteroatoms. The summed E-state index contributed by atoms with van der Waals surface area (Å²) < 4.78 is 49.0. The zero-order valence-corrected chi connectivity index (χ0v) is 7.47. The summed E-state index contributed by atoms with van der Waals surface area (Å²) in [6, 6.07) is 2.95. The van der Waals surface area contributed by atoms with Gasteiger partial charge in [0, 0.05) is 4.90 Å². The molecule has 1 aromatic rings. The highest BCUT2D eigenvalue weighted by molar-refractivity contribution is 7.98. The largest absolute Gasteiger partial charge is 0.419 e. The van der Waals surface area contributed by atoms with E-state index in [1.54, 1.807) is 6.26 Å². The summed E-state index contributed by atoms with van der Waals surface area (Å²) in [5.41, 5.74) is -1.21. The lowest BCUT2D eigenvalue weighted by Gasteiger charge is -2.08. The van der Waals surface area contributed by atoms with E-state index in [1.807, 2.05) is 0 Å². The maximum Gasteiger partial charge on any atom is 0.419 e. The van der Waals surface area contributed by atoms with Crippen LogP contribution in [-0.4, -0.2) is 6.26 Å². The van der Waals surface area contributed by atoms with E-state index in [2.05, 4.69) is 0 Å². The van der Waals surface area contributed by atoms with Gasteiger partial charge in [0.05, 0.1) is 5.56 Å². The first-order chi connectivity index (χ1) is 5.95. The lowest BCUT2D eigenvalue weighted by atomic mass is 10.2. The summed E-state index contributed by atoms with van der Waals surface area (Å²) in [5, 5.41) is 0. The smallest absolute Gasteiger partial charge is 0.206 e. The number of rotatable bonds is 1. The number of hydrogen-bond acceptors (Lipinski definition) is 1. The third-order valence-corrected chi connectivity index (χ3v) is 2.20. The van der Waals surface area contributed by atoms with Crippen LogP contribution in [-0.2, 0) is 6.18 Å². The Morgan fingerprint density at radius 1 is 1.23 bits per heavy atom. The van der Waals surface area contributed by atoms with Crippen molar-refractivity contribution in [3.05, 3.63) is 29.6 Å². The fraction of sp³-hybridized carbons (Fsp3) is 0.250. The van der Waals surface area contributed by atoms with Crippen molar-refractivity contribution in [1.82, 2.24) is 0 Å². The molecule has 0 saturated carbocycles. The second kappa shape index (κ2) is 3.57. The normalized spacial score (nSPS) is 11.8. The summed E-state index contributed by atoms with van der Waals surface area (Å²) >= 11 is 1.14. The van der Waals surface area contributed by atoms with Gasteiger partial charge in [0.25, 0.3) is 0 Å². The van der Waals surface area contributed by atoms with E-state index < -0.39 is 17.6 Å². The molecule has 0 aromatic heterocycles. The lowest BCUT2D eigenvalue weighted by molar-refractivity contribution is -0.140. The molecule has 0 aliphatic rings. The molecule has 72 valence electrons. The fourth-order valence-electron chi connectivity index (χ4n) is 0.849. The molecule has 0 nitrogen and oxygen atoms in total. The minimum atomic E-state index is -4.62. The van der Waals surface area contributed by atoms with Gasteiger partial charge in [-0.3, -0.25) is 0 Å². The Morgan fingerprint density at radius 2 is 1.85 bits per heavy atom. The third-order valence-electron chi connectivity index (χ3n) is 1.48. The number of thioether (sulfide) groups is 1. The minimum Gasteiger partial charge on any atom is -0.206 e. The van der Waals surface area contributed by atoms with Crippen LogP contribution in [0.1, 0.15) is 5.56 Å². The average Bonchev–Trinajstić information content (AvgIpc) is 2.03. The van der Waals surface area contributed by atoms with Gasteiger partial charge in [0.1, 0.15) is 5.82 Å². The van der Waals surface area contributed by atoms with Crippen LogP contribution in [0.2, 0.25) is 0 Å². The second-order valence-electron chi connectivity index (χ2n) is 2.34. The van der Waals surface area contributed by atoms with Gasteiger partial charge in [0.2, 0.25) is 0 Å². The monoisotopic (exact) mass is 210 g/mol. The zero-order valence-electron chi connectivity index (χ0n) is 6.65. The molecule has 0 atom stereocenters. The van der Waals surface area contributed by atoms with Crippen molar-refractivity contribution in [2.45, 2.75) is 11.1 Å². The summed E-state index contributed by atoms with van der Waals surface area (Å²) in [7, 11) is 0. The Labute approximate surface area is 76.9 Å². The summed E-state index contributed by atoms with van der Waals surface area (Å²) in [4.78, 5) is 0.397. The Balaban J connectivity index is 3.19. The van der Waals surface area contributed by atoms with Gasteiger partial charge in [-0.2, -0.15) is 13.2 Å². The average molecular weight is 210 g/mol. The van der Waals surface area contributed by atoms with Gasteiger partial charge < -0.3 is 0 Å². The molecule has 0 saturated heterocycles. The molecule has 0 radical (unpaired) electrons. The molecule has 1 rings (SSSR count). The van der Waals surface area contributed by atoms with E-state index in [1.165, 1.54) is 6.07 Å². The molecule has 1 aromatic carbocycles. The van der Waals surface area contributed by atoms with Gasteiger partial charge in [-0.15, -0.1) is 11.8 Å². The van der Waals surface area contributed by atoms with Crippen LogP contribution in [0.5, 0.6) is 0 Å².